The SMILES string of the molecule is CN(C(=O)CN1CCOCC1)c1cnc2nc(-c3n[nH]c4c3C[C@@H]3C[C@]3(C)C4)[nH]c2c1. The quantitative estimate of drug-likeness (QED) is 0.666. The second-order valence-electron chi connectivity index (χ2n) is 9.46. The minimum absolute atomic E-state index is 0.0386. The highest BCUT2D eigenvalue weighted by Gasteiger charge is 2.53. The smallest absolute Gasteiger partial charge is 0.240 e. The van der Waals surface area contributed by atoms with Crippen molar-refractivity contribution in [1.82, 2.24) is 30.0 Å². The number of aromatic nitrogens is 5. The van der Waals surface area contributed by atoms with Crippen molar-refractivity contribution in [1.29, 1.82) is 0 Å². The number of nitrogens with one attached hydrogen (secondary N) is 2. The highest BCUT2D eigenvalue weighted by Crippen LogP contribution is 2.59. The van der Waals surface area contributed by atoms with Crippen molar-refractivity contribution in [2.24, 2.45) is 11.3 Å². The van der Waals surface area contributed by atoms with Crippen LogP contribution in [0, 0.1) is 11.3 Å². The van der Waals surface area contributed by atoms with Gasteiger partial charge in [0.05, 0.1) is 37.2 Å². The Kier molecular flexibility index (Phi) is 4.19. The van der Waals surface area contributed by atoms with E-state index in [1.165, 1.54) is 17.7 Å². The molecule has 0 spiro atoms. The van der Waals surface area contributed by atoms with E-state index < -0.39 is 0 Å². The van der Waals surface area contributed by atoms with E-state index in [-0.39, 0.29) is 5.91 Å². The number of hydrogen-bond donors (Lipinski definition) is 2. The number of aromatic amines is 2. The van der Waals surface area contributed by atoms with Crippen molar-refractivity contribution in [3.63, 3.8) is 0 Å². The molecule has 0 bridgehead atoms. The highest BCUT2D eigenvalue weighted by molar-refractivity contribution is 5.95. The van der Waals surface area contributed by atoms with Crippen molar-refractivity contribution >= 4 is 22.8 Å². The normalized spacial score (nSPS) is 25.3. The molecule has 1 saturated carbocycles. The molecule has 31 heavy (non-hydrogen) atoms. The second kappa shape index (κ2) is 6.86. The minimum atomic E-state index is 0.0386. The average molecular weight is 422 g/mol. The number of pyridine rings is 1. The van der Waals surface area contributed by atoms with Crippen LogP contribution in [0.1, 0.15) is 24.6 Å². The van der Waals surface area contributed by atoms with Gasteiger partial charge in [-0.15, -0.1) is 0 Å². The lowest BCUT2D eigenvalue weighted by Crippen LogP contribution is -2.43. The number of ether oxygens (including phenoxy) is 1. The van der Waals surface area contributed by atoms with Crippen LogP contribution < -0.4 is 4.90 Å². The fourth-order valence-corrected chi connectivity index (χ4v) is 5.04. The summed E-state index contributed by atoms with van der Waals surface area (Å²) < 4.78 is 5.36. The Labute approximate surface area is 180 Å². The van der Waals surface area contributed by atoms with Gasteiger partial charge in [-0.25, -0.2) is 9.97 Å². The molecular weight excluding hydrogens is 394 g/mol. The summed E-state index contributed by atoms with van der Waals surface area (Å²) in [6.07, 6.45) is 5.13. The van der Waals surface area contributed by atoms with E-state index in [4.69, 9.17) is 4.74 Å². The molecule has 162 valence electrons. The van der Waals surface area contributed by atoms with Gasteiger partial charge in [0.25, 0.3) is 0 Å². The maximum absolute atomic E-state index is 12.7. The number of imidazole rings is 1. The molecule has 2 N–H and O–H groups in total. The maximum Gasteiger partial charge on any atom is 0.240 e. The summed E-state index contributed by atoms with van der Waals surface area (Å²) in [7, 11) is 1.79. The summed E-state index contributed by atoms with van der Waals surface area (Å²) >= 11 is 0. The lowest BCUT2D eigenvalue weighted by atomic mass is 9.88. The van der Waals surface area contributed by atoms with Gasteiger partial charge in [-0.2, -0.15) is 5.10 Å². The minimum Gasteiger partial charge on any atom is -0.379 e. The Bertz CT molecular complexity index is 1160. The first kappa shape index (κ1) is 18.9. The van der Waals surface area contributed by atoms with Crippen LogP contribution in [0.4, 0.5) is 5.69 Å². The Balaban J connectivity index is 1.24. The molecule has 0 radical (unpaired) electrons. The fourth-order valence-electron chi connectivity index (χ4n) is 5.04. The molecule has 2 aliphatic carbocycles. The van der Waals surface area contributed by atoms with Crippen molar-refractivity contribution in [2.75, 3.05) is 44.8 Å². The fraction of sp³-hybridized carbons (Fsp3) is 0.545. The predicted molar refractivity (Wildman–Crippen MR) is 116 cm³/mol. The van der Waals surface area contributed by atoms with Crippen LogP contribution in [0.5, 0.6) is 0 Å². The lowest BCUT2D eigenvalue weighted by Gasteiger charge is -2.28. The second-order valence-corrected chi connectivity index (χ2v) is 9.46. The van der Waals surface area contributed by atoms with Crippen LogP contribution in [0.15, 0.2) is 12.3 Å². The van der Waals surface area contributed by atoms with Gasteiger partial charge in [0.15, 0.2) is 11.5 Å². The van der Waals surface area contributed by atoms with Crippen LogP contribution in [-0.2, 0) is 22.4 Å². The Morgan fingerprint density at radius 1 is 1.39 bits per heavy atom. The third-order valence-corrected chi connectivity index (χ3v) is 7.29. The number of hydrogen-bond acceptors (Lipinski definition) is 6. The van der Waals surface area contributed by atoms with Crippen molar-refractivity contribution in [3.05, 3.63) is 23.5 Å². The molecule has 9 nitrogen and oxygen atoms in total. The molecule has 2 fully saturated rings. The number of carbonyl (C=O) groups is 1. The van der Waals surface area contributed by atoms with Crippen LogP contribution in [0.2, 0.25) is 0 Å². The van der Waals surface area contributed by atoms with Gasteiger partial charge in [0.1, 0.15) is 5.69 Å². The summed E-state index contributed by atoms with van der Waals surface area (Å²) in [4.78, 5) is 29.1. The lowest BCUT2D eigenvalue weighted by molar-refractivity contribution is -0.120. The molecule has 6 rings (SSSR count). The summed E-state index contributed by atoms with van der Waals surface area (Å²) in [5.41, 5.74) is 6.09. The van der Waals surface area contributed by atoms with E-state index in [0.29, 0.717) is 30.8 Å². The van der Waals surface area contributed by atoms with Crippen molar-refractivity contribution < 1.29 is 9.53 Å². The number of H-pyrrole nitrogens is 2. The van der Waals surface area contributed by atoms with E-state index in [9.17, 15) is 4.79 Å². The van der Waals surface area contributed by atoms with Gasteiger partial charge in [-0.05, 0) is 36.7 Å². The summed E-state index contributed by atoms with van der Waals surface area (Å²) in [6, 6.07) is 1.94. The number of likely N-dealkylation sites (N-methyl/N-ethyl adjacent to an activating group) is 1. The molecule has 3 aromatic heterocycles. The number of rotatable bonds is 4. The van der Waals surface area contributed by atoms with E-state index >= 15 is 0 Å². The molecule has 1 saturated heterocycles. The van der Waals surface area contributed by atoms with E-state index in [1.54, 1.807) is 18.1 Å². The zero-order valence-corrected chi connectivity index (χ0v) is 17.9. The third-order valence-electron chi connectivity index (χ3n) is 7.29. The molecule has 2 atom stereocenters. The van der Waals surface area contributed by atoms with Crippen molar-refractivity contribution in [3.8, 4) is 11.5 Å². The van der Waals surface area contributed by atoms with Gasteiger partial charge in [-0.3, -0.25) is 14.8 Å². The van der Waals surface area contributed by atoms with Gasteiger partial charge < -0.3 is 14.6 Å². The first-order valence-corrected chi connectivity index (χ1v) is 11.0. The van der Waals surface area contributed by atoms with Crippen LogP contribution in [0.25, 0.3) is 22.7 Å². The van der Waals surface area contributed by atoms with Crippen LogP contribution >= 0.6 is 0 Å². The maximum atomic E-state index is 12.7. The number of anilines is 1. The molecule has 3 aromatic rings. The number of fused-ring (bicyclic) bond motifs is 3. The standard InChI is InChI=1S/C22H27N7O2/c1-22-9-13(22)7-15-17(10-22)26-27-19(15)21-24-16-8-14(11-23-20(16)25-21)28(2)18(30)12-29-3-5-31-6-4-29/h8,11,13H,3-7,9-10,12H2,1-2H3,(H,26,27)(H,23,24,25)/t13-,22-/m1/s1. The monoisotopic (exact) mass is 421 g/mol. The molecule has 1 amide bonds. The van der Waals surface area contributed by atoms with E-state index in [0.717, 1.165) is 54.6 Å². The zero-order valence-electron chi connectivity index (χ0n) is 17.9. The molecule has 9 heteroatoms. The first-order valence-electron chi connectivity index (χ1n) is 11.0. The van der Waals surface area contributed by atoms with E-state index in [1.807, 2.05) is 6.07 Å². The molecule has 0 unspecified atom stereocenters. The Hall–Kier alpha value is -2.78. The molecular formula is C22H27N7O2. The number of morpholine rings is 1. The molecule has 1 aliphatic heterocycles. The van der Waals surface area contributed by atoms with Crippen molar-refractivity contribution in [2.45, 2.75) is 26.2 Å². The summed E-state index contributed by atoms with van der Waals surface area (Å²) in [5, 5.41) is 7.81. The first-order chi connectivity index (χ1) is 15.0. The van der Waals surface area contributed by atoms with E-state index in [2.05, 4.69) is 37.0 Å². The molecule has 3 aliphatic rings. The predicted octanol–water partition coefficient (Wildman–Crippen LogP) is 1.77. The van der Waals surface area contributed by atoms with Gasteiger partial charge >= 0.3 is 0 Å². The number of amides is 1. The van der Waals surface area contributed by atoms with Crippen LogP contribution in [0.3, 0.4) is 0 Å². The topological polar surface area (TPSA) is 103 Å². The third kappa shape index (κ3) is 3.23. The largest absolute Gasteiger partial charge is 0.379 e. The zero-order chi connectivity index (χ0) is 21.2. The van der Waals surface area contributed by atoms with Crippen LogP contribution in [-0.4, -0.2) is 75.9 Å². The number of nitrogens with zero attached hydrogens (tertiary/aromatic N) is 5. The number of carbonyl (C=O) groups excluding carboxylic acids is 1. The highest BCUT2D eigenvalue weighted by atomic mass is 16.5. The molecule has 4 heterocycles. The molecule has 0 aromatic carbocycles. The Morgan fingerprint density at radius 2 is 2.23 bits per heavy atom. The summed E-state index contributed by atoms with van der Waals surface area (Å²) in [6.45, 7) is 5.68. The van der Waals surface area contributed by atoms with Gasteiger partial charge in [-0.1, -0.05) is 6.92 Å². The van der Waals surface area contributed by atoms with Gasteiger partial charge in [0, 0.05) is 31.4 Å². The Morgan fingerprint density at radius 3 is 3.06 bits per heavy atom. The average Bonchev–Trinajstić information content (AvgIpc) is 3.08. The van der Waals surface area contributed by atoms with Gasteiger partial charge in [0.2, 0.25) is 5.91 Å². The summed E-state index contributed by atoms with van der Waals surface area (Å²) in [5.74, 6) is 1.54.